The second kappa shape index (κ2) is 4.46. The predicted molar refractivity (Wildman–Crippen MR) is 66.8 cm³/mol. The van der Waals surface area contributed by atoms with E-state index >= 15 is 0 Å². The Labute approximate surface area is 97.6 Å². The number of nitrogen functional groups attached to an aromatic ring is 1. The predicted octanol–water partition coefficient (Wildman–Crippen LogP) is 1.43. The maximum atomic E-state index is 8.90. The van der Waals surface area contributed by atoms with Gasteiger partial charge in [-0.1, -0.05) is 0 Å². The summed E-state index contributed by atoms with van der Waals surface area (Å²) in [5.74, 6) is 0. The molecule has 0 aliphatic heterocycles. The second-order valence-corrected chi connectivity index (χ2v) is 4.87. The average molecular weight is 306 g/mol. The highest BCUT2D eigenvalue weighted by atomic mass is 127. The summed E-state index contributed by atoms with van der Waals surface area (Å²) in [6.07, 6.45) is 0.511. The number of aliphatic hydroxyl groups is 1. The van der Waals surface area contributed by atoms with Crippen molar-refractivity contribution in [3.8, 4) is 0 Å². The molecule has 0 amide bonds. The van der Waals surface area contributed by atoms with Crippen molar-refractivity contribution in [2.24, 2.45) is 5.73 Å². The van der Waals surface area contributed by atoms with Crippen LogP contribution in [0.4, 0.5) is 5.69 Å². The average Bonchev–Trinajstić information content (AvgIpc) is 2.09. The van der Waals surface area contributed by atoms with E-state index < -0.39 is 5.54 Å². The van der Waals surface area contributed by atoms with Gasteiger partial charge < -0.3 is 16.6 Å². The minimum Gasteiger partial charge on any atom is -0.398 e. The van der Waals surface area contributed by atoms with E-state index in [1.165, 1.54) is 0 Å². The molecule has 1 rings (SSSR count). The lowest BCUT2D eigenvalue weighted by molar-refractivity contribution is 0.247. The Balaban J connectivity index is 3.10. The quantitative estimate of drug-likeness (QED) is 0.584. The fourth-order valence-corrected chi connectivity index (χ4v) is 1.88. The second-order valence-electron chi connectivity index (χ2n) is 3.62. The van der Waals surface area contributed by atoms with Gasteiger partial charge in [-0.15, -0.1) is 0 Å². The van der Waals surface area contributed by atoms with Crippen LogP contribution in [0.1, 0.15) is 18.9 Å². The number of benzene rings is 1. The smallest absolute Gasteiger partial charge is 0.0451 e. The zero-order chi connectivity index (χ0) is 10.8. The van der Waals surface area contributed by atoms with Gasteiger partial charge in [-0.2, -0.15) is 0 Å². The van der Waals surface area contributed by atoms with Gasteiger partial charge in [0, 0.05) is 21.4 Å². The first-order valence-corrected chi connectivity index (χ1v) is 5.50. The number of aliphatic hydroxyl groups excluding tert-OH is 1. The minimum absolute atomic E-state index is 0.0674. The Morgan fingerprint density at radius 1 is 1.50 bits per heavy atom. The molecule has 0 spiro atoms. The van der Waals surface area contributed by atoms with Crippen molar-refractivity contribution in [1.29, 1.82) is 0 Å². The first-order chi connectivity index (χ1) is 6.47. The van der Waals surface area contributed by atoms with E-state index in [9.17, 15) is 0 Å². The molecule has 78 valence electrons. The van der Waals surface area contributed by atoms with Gasteiger partial charge in [-0.05, 0) is 59.7 Å². The third kappa shape index (κ3) is 2.59. The highest BCUT2D eigenvalue weighted by Gasteiger charge is 2.22. The molecule has 0 aromatic heterocycles. The van der Waals surface area contributed by atoms with Crippen molar-refractivity contribution in [2.75, 3.05) is 12.3 Å². The number of halogens is 1. The monoisotopic (exact) mass is 306 g/mol. The molecule has 0 bridgehead atoms. The molecule has 0 saturated carbocycles. The van der Waals surface area contributed by atoms with Gasteiger partial charge in [0.05, 0.1) is 0 Å². The van der Waals surface area contributed by atoms with Crippen LogP contribution in [-0.4, -0.2) is 11.7 Å². The number of anilines is 1. The van der Waals surface area contributed by atoms with Crippen molar-refractivity contribution in [3.05, 3.63) is 27.3 Å². The van der Waals surface area contributed by atoms with E-state index in [1.54, 1.807) is 0 Å². The molecule has 0 fully saturated rings. The van der Waals surface area contributed by atoms with Crippen molar-refractivity contribution >= 4 is 28.3 Å². The highest BCUT2D eigenvalue weighted by Crippen LogP contribution is 2.28. The van der Waals surface area contributed by atoms with E-state index in [4.69, 9.17) is 16.6 Å². The minimum atomic E-state index is -0.556. The Bertz CT molecular complexity index is 326. The summed E-state index contributed by atoms with van der Waals surface area (Å²) in [6, 6.07) is 5.75. The van der Waals surface area contributed by atoms with Crippen LogP contribution in [0.25, 0.3) is 0 Å². The molecule has 0 heterocycles. The summed E-state index contributed by atoms with van der Waals surface area (Å²) in [7, 11) is 0. The molecular formula is C10H15IN2O. The zero-order valence-electron chi connectivity index (χ0n) is 8.13. The lowest BCUT2D eigenvalue weighted by Crippen LogP contribution is -2.34. The van der Waals surface area contributed by atoms with Crippen molar-refractivity contribution in [3.63, 3.8) is 0 Å². The van der Waals surface area contributed by atoms with Crippen molar-refractivity contribution < 1.29 is 5.11 Å². The molecule has 14 heavy (non-hydrogen) atoms. The molecule has 0 aliphatic carbocycles. The van der Waals surface area contributed by atoms with E-state index in [0.717, 1.165) is 9.13 Å². The van der Waals surface area contributed by atoms with E-state index in [1.807, 2.05) is 25.1 Å². The van der Waals surface area contributed by atoms with Gasteiger partial charge >= 0.3 is 0 Å². The van der Waals surface area contributed by atoms with E-state index in [0.29, 0.717) is 12.1 Å². The molecular weight excluding hydrogens is 291 g/mol. The van der Waals surface area contributed by atoms with E-state index in [-0.39, 0.29) is 6.61 Å². The fourth-order valence-electron chi connectivity index (χ4n) is 1.39. The molecule has 1 atom stereocenters. The number of hydrogen-bond acceptors (Lipinski definition) is 3. The lowest BCUT2D eigenvalue weighted by Gasteiger charge is -2.26. The summed E-state index contributed by atoms with van der Waals surface area (Å²) in [4.78, 5) is 0. The fraction of sp³-hybridized carbons (Fsp3) is 0.400. The van der Waals surface area contributed by atoms with Gasteiger partial charge in [0.1, 0.15) is 0 Å². The Morgan fingerprint density at radius 3 is 2.71 bits per heavy atom. The van der Waals surface area contributed by atoms with Crippen LogP contribution in [0.3, 0.4) is 0 Å². The van der Waals surface area contributed by atoms with Gasteiger partial charge in [-0.3, -0.25) is 0 Å². The van der Waals surface area contributed by atoms with Crippen LogP contribution >= 0.6 is 22.6 Å². The summed E-state index contributed by atoms with van der Waals surface area (Å²) in [5.41, 5.74) is 12.9. The number of rotatable bonds is 3. The van der Waals surface area contributed by atoms with Gasteiger partial charge in [0.2, 0.25) is 0 Å². The molecule has 4 heteroatoms. The molecule has 0 saturated heterocycles. The van der Waals surface area contributed by atoms with Crippen molar-refractivity contribution in [2.45, 2.75) is 18.9 Å². The molecule has 3 nitrogen and oxygen atoms in total. The van der Waals surface area contributed by atoms with Gasteiger partial charge in [-0.25, -0.2) is 0 Å². The Hall–Kier alpha value is -0.330. The highest BCUT2D eigenvalue weighted by molar-refractivity contribution is 14.1. The van der Waals surface area contributed by atoms with Crippen LogP contribution in [-0.2, 0) is 5.54 Å². The molecule has 1 unspecified atom stereocenters. The molecule has 0 radical (unpaired) electrons. The topological polar surface area (TPSA) is 72.3 Å². The summed E-state index contributed by atoms with van der Waals surface area (Å²) < 4.78 is 1.10. The maximum absolute atomic E-state index is 8.90. The van der Waals surface area contributed by atoms with Gasteiger partial charge in [0.25, 0.3) is 0 Å². The first kappa shape index (κ1) is 11.7. The van der Waals surface area contributed by atoms with E-state index in [2.05, 4.69) is 22.6 Å². The third-order valence-corrected chi connectivity index (χ3v) is 2.93. The Kier molecular flexibility index (Phi) is 3.74. The summed E-state index contributed by atoms with van der Waals surface area (Å²) in [6.45, 7) is 1.95. The van der Waals surface area contributed by atoms with Crippen LogP contribution in [0.2, 0.25) is 0 Å². The zero-order valence-corrected chi connectivity index (χ0v) is 10.3. The van der Waals surface area contributed by atoms with Crippen LogP contribution < -0.4 is 11.5 Å². The normalized spacial score (nSPS) is 15.1. The summed E-state index contributed by atoms with van der Waals surface area (Å²) >= 11 is 2.22. The molecule has 1 aromatic carbocycles. The SMILES string of the molecule is CC(N)(CCO)c1cc(I)ccc1N. The van der Waals surface area contributed by atoms with Crippen LogP contribution in [0.15, 0.2) is 18.2 Å². The largest absolute Gasteiger partial charge is 0.398 e. The summed E-state index contributed by atoms with van der Waals surface area (Å²) in [5, 5.41) is 8.90. The number of nitrogens with two attached hydrogens (primary N) is 2. The molecule has 1 aromatic rings. The Morgan fingerprint density at radius 2 is 2.14 bits per heavy atom. The maximum Gasteiger partial charge on any atom is 0.0451 e. The molecule has 5 N–H and O–H groups in total. The molecule has 0 aliphatic rings. The standard InChI is InChI=1S/C10H15IN2O/c1-10(13,4-5-14)8-6-7(11)2-3-9(8)12/h2-3,6,14H,4-5,12-13H2,1H3. The van der Waals surface area contributed by atoms with Crippen LogP contribution in [0.5, 0.6) is 0 Å². The number of hydrogen-bond donors (Lipinski definition) is 3. The van der Waals surface area contributed by atoms with Gasteiger partial charge in [0.15, 0.2) is 0 Å². The van der Waals surface area contributed by atoms with Crippen LogP contribution in [0, 0.1) is 3.57 Å². The van der Waals surface area contributed by atoms with Crippen molar-refractivity contribution in [1.82, 2.24) is 0 Å². The lowest BCUT2D eigenvalue weighted by atomic mass is 9.89. The third-order valence-electron chi connectivity index (χ3n) is 2.26. The first-order valence-electron chi connectivity index (χ1n) is 4.42.